The van der Waals surface area contributed by atoms with Crippen LogP contribution in [0.15, 0.2) is 24.3 Å². The summed E-state index contributed by atoms with van der Waals surface area (Å²) in [5.41, 5.74) is -0.952. The topological polar surface area (TPSA) is 95.9 Å². The van der Waals surface area contributed by atoms with Crippen molar-refractivity contribution in [1.82, 2.24) is 10.2 Å². The van der Waals surface area contributed by atoms with E-state index in [9.17, 15) is 19.5 Å². The standard InChI is InChI=1S/C16H17ClN2O5/c1-19-13(21)10-11(14(19)22)16(7-20,15(23)24-2)18-12(10)8-3-5-9(17)6-4-8/h3-6,10-12,18,20H,7H2,1-2H3/t10-,11+,12-,16+/m0/s1. The van der Waals surface area contributed by atoms with Gasteiger partial charge in [-0.05, 0) is 17.7 Å². The number of ether oxygens (including phenoxy) is 1. The number of nitrogens with zero attached hydrogens (tertiary/aromatic N) is 1. The molecule has 0 aliphatic carbocycles. The van der Waals surface area contributed by atoms with Crippen molar-refractivity contribution in [2.24, 2.45) is 11.8 Å². The van der Waals surface area contributed by atoms with Crippen molar-refractivity contribution in [2.45, 2.75) is 11.6 Å². The van der Waals surface area contributed by atoms with Gasteiger partial charge >= 0.3 is 5.97 Å². The first-order valence-electron chi connectivity index (χ1n) is 7.41. The van der Waals surface area contributed by atoms with Crippen molar-refractivity contribution < 1.29 is 24.2 Å². The van der Waals surface area contributed by atoms with Gasteiger partial charge in [0.2, 0.25) is 11.8 Å². The molecule has 128 valence electrons. The van der Waals surface area contributed by atoms with Gasteiger partial charge in [0.25, 0.3) is 0 Å². The SMILES string of the molecule is COC(=O)[C@]1(CO)N[C@@H](c2ccc(Cl)cc2)[C@H]2C(=O)N(C)C(=O)[C@@H]21. The number of amides is 2. The fourth-order valence-electron chi connectivity index (χ4n) is 3.68. The van der Waals surface area contributed by atoms with Crippen LogP contribution >= 0.6 is 11.6 Å². The molecule has 2 fully saturated rings. The van der Waals surface area contributed by atoms with Gasteiger partial charge in [-0.3, -0.25) is 19.8 Å². The van der Waals surface area contributed by atoms with E-state index in [-0.39, 0.29) is 0 Å². The number of benzene rings is 1. The molecule has 2 heterocycles. The van der Waals surface area contributed by atoms with Crippen LogP contribution in [0.1, 0.15) is 11.6 Å². The molecule has 2 N–H and O–H groups in total. The molecule has 2 aliphatic heterocycles. The lowest BCUT2D eigenvalue weighted by molar-refractivity contribution is -0.156. The summed E-state index contributed by atoms with van der Waals surface area (Å²) in [7, 11) is 2.55. The van der Waals surface area contributed by atoms with Crippen LogP contribution in [0.5, 0.6) is 0 Å². The molecule has 1 aromatic carbocycles. The maximum Gasteiger partial charge on any atom is 0.329 e. The summed E-state index contributed by atoms with van der Waals surface area (Å²) in [5.74, 6) is -3.49. The molecule has 0 unspecified atom stereocenters. The van der Waals surface area contributed by atoms with Crippen LogP contribution in [0.2, 0.25) is 5.02 Å². The van der Waals surface area contributed by atoms with Crippen LogP contribution in [0.3, 0.4) is 0 Å². The van der Waals surface area contributed by atoms with Gasteiger partial charge in [0.05, 0.1) is 25.6 Å². The summed E-state index contributed by atoms with van der Waals surface area (Å²) < 4.78 is 4.79. The predicted octanol–water partition coefficient (Wildman–Crippen LogP) is 0.119. The quantitative estimate of drug-likeness (QED) is 0.592. The number of halogens is 1. The highest BCUT2D eigenvalue weighted by molar-refractivity contribution is 6.30. The lowest BCUT2D eigenvalue weighted by Gasteiger charge is -2.29. The van der Waals surface area contributed by atoms with Crippen molar-refractivity contribution in [3.05, 3.63) is 34.9 Å². The number of aliphatic hydroxyl groups is 1. The number of imide groups is 1. The molecule has 0 radical (unpaired) electrons. The summed E-state index contributed by atoms with van der Waals surface area (Å²) in [4.78, 5) is 38.5. The van der Waals surface area contributed by atoms with Crippen LogP contribution in [0.4, 0.5) is 0 Å². The largest absolute Gasteiger partial charge is 0.468 e. The molecule has 0 aromatic heterocycles. The minimum Gasteiger partial charge on any atom is -0.468 e. The second-order valence-corrected chi connectivity index (χ2v) is 6.47. The zero-order chi connectivity index (χ0) is 17.6. The van der Waals surface area contributed by atoms with Crippen LogP contribution < -0.4 is 5.32 Å². The number of hydrogen-bond acceptors (Lipinski definition) is 6. The molecular formula is C16H17ClN2O5. The average Bonchev–Trinajstić information content (AvgIpc) is 3.05. The van der Waals surface area contributed by atoms with Crippen molar-refractivity contribution in [2.75, 3.05) is 20.8 Å². The Labute approximate surface area is 143 Å². The lowest BCUT2D eigenvalue weighted by Crippen LogP contribution is -2.58. The van der Waals surface area contributed by atoms with E-state index in [1.54, 1.807) is 24.3 Å². The summed E-state index contributed by atoms with van der Waals surface area (Å²) in [5, 5.41) is 13.4. The van der Waals surface area contributed by atoms with Gasteiger partial charge in [-0.15, -0.1) is 0 Å². The predicted molar refractivity (Wildman–Crippen MR) is 83.9 cm³/mol. The van der Waals surface area contributed by atoms with Gasteiger partial charge in [-0.2, -0.15) is 0 Å². The number of esters is 1. The number of fused-ring (bicyclic) bond motifs is 1. The van der Waals surface area contributed by atoms with E-state index in [2.05, 4.69) is 5.32 Å². The smallest absolute Gasteiger partial charge is 0.329 e. The highest BCUT2D eigenvalue weighted by Gasteiger charge is 2.68. The second kappa shape index (κ2) is 5.84. The van der Waals surface area contributed by atoms with Crippen LogP contribution in [0.25, 0.3) is 0 Å². The van der Waals surface area contributed by atoms with E-state index < -0.39 is 47.8 Å². The molecule has 1 aromatic rings. The first-order chi connectivity index (χ1) is 11.4. The Hall–Kier alpha value is -1.96. The highest BCUT2D eigenvalue weighted by Crippen LogP contribution is 2.48. The average molecular weight is 353 g/mol. The molecule has 7 nitrogen and oxygen atoms in total. The third-order valence-electron chi connectivity index (χ3n) is 4.90. The maximum atomic E-state index is 12.6. The summed E-state index contributed by atoms with van der Waals surface area (Å²) in [6.45, 7) is -0.655. The van der Waals surface area contributed by atoms with E-state index in [0.717, 1.165) is 4.90 Å². The van der Waals surface area contributed by atoms with Crippen molar-refractivity contribution in [1.29, 1.82) is 0 Å². The first-order valence-corrected chi connectivity index (χ1v) is 7.79. The minimum atomic E-state index is -1.65. The Balaban J connectivity index is 2.12. The number of nitrogens with one attached hydrogen (secondary N) is 1. The number of rotatable bonds is 3. The Morgan fingerprint density at radius 2 is 1.96 bits per heavy atom. The van der Waals surface area contributed by atoms with E-state index >= 15 is 0 Å². The van der Waals surface area contributed by atoms with Crippen LogP contribution in [0, 0.1) is 11.8 Å². The summed E-state index contributed by atoms with van der Waals surface area (Å²) in [6.07, 6.45) is 0. The zero-order valence-corrected chi connectivity index (χ0v) is 13.9. The van der Waals surface area contributed by atoms with E-state index in [1.807, 2.05) is 0 Å². The first kappa shape index (κ1) is 16.9. The molecule has 0 saturated carbocycles. The van der Waals surface area contributed by atoms with E-state index in [4.69, 9.17) is 16.3 Å². The Bertz CT molecular complexity index is 707. The van der Waals surface area contributed by atoms with Gasteiger partial charge in [0.1, 0.15) is 0 Å². The van der Waals surface area contributed by atoms with E-state index in [0.29, 0.717) is 10.6 Å². The molecule has 8 heteroatoms. The molecular weight excluding hydrogens is 336 g/mol. The molecule has 4 atom stereocenters. The monoisotopic (exact) mass is 352 g/mol. The van der Waals surface area contributed by atoms with E-state index in [1.165, 1.54) is 14.2 Å². The minimum absolute atomic E-state index is 0.392. The third kappa shape index (κ3) is 2.16. The van der Waals surface area contributed by atoms with Crippen LogP contribution in [-0.4, -0.2) is 54.1 Å². The molecule has 2 aliphatic rings. The normalized spacial score (nSPS) is 32.2. The van der Waals surface area contributed by atoms with Crippen LogP contribution in [-0.2, 0) is 19.1 Å². The molecule has 3 rings (SSSR count). The molecule has 2 saturated heterocycles. The molecule has 0 bridgehead atoms. The van der Waals surface area contributed by atoms with Gasteiger partial charge in [0.15, 0.2) is 5.54 Å². The van der Waals surface area contributed by atoms with Gasteiger partial charge in [-0.1, -0.05) is 23.7 Å². The molecule has 2 amide bonds. The lowest BCUT2D eigenvalue weighted by atomic mass is 9.79. The Morgan fingerprint density at radius 3 is 2.50 bits per heavy atom. The number of hydrogen-bond donors (Lipinski definition) is 2. The third-order valence-corrected chi connectivity index (χ3v) is 5.15. The number of aliphatic hydroxyl groups excluding tert-OH is 1. The summed E-state index contributed by atoms with van der Waals surface area (Å²) in [6, 6.07) is 6.15. The number of carbonyl (C=O) groups excluding carboxylic acids is 3. The fourth-order valence-corrected chi connectivity index (χ4v) is 3.81. The Morgan fingerprint density at radius 1 is 1.33 bits per heavy atom. The Kier molecular flexibility index (Phi) is 4.11. The molecule has 24 heavy (non-hydrogen) atoms. The summed E-state index contributed by atoms with van der Waals surface area (Å²) >= 11 is 5.90. The fraction of sp³-hybridized carbons (Fsp3) is 0.438. The number of carbonyl (C=O) groups is 3. The number of methoxy groups -OCH3 is 1. The van der Waals surface area contributed by atoms with Gasteiger partial charge in [0, 0.05) is 18.1 Å². The number of likely N-dealkylation sites (tertiary alicyclic amines) is 1. The maximum absolute atomic E-state index is 12.6. The second-order valence-electron chi connectivity index (χ2n) is 6.03. The van der Waals surface area contributed by atoms with Gasteiger partial charge < -0.3 is 9.84 Å². The van der Waals surface area contributed by atoms with Gasteiger partial charge in [-0.25, -0.2) is 4.79 Å². The highest BCUT2D eigenvalue weighted by atomic mass is 35.5. The van der Waals surface area contributed by atoms with Crippen molar-refractivity contribution >= 4 is 29.4 Å². The molecule has 0 spiro atoms. The van der Waals surface area contributed by atoms with Crippen molar-refractivity contribution in [3.8, 4) is 0 Å². The zero-order valence-electron chi connectivity index (χ0n) is 13.2. The van der Waals surface area contributed by atoms with Crippen molar-refractivity contribution in [3.63, 3.8) is 0 Å².